The second-order valence-electron chi connectivity index (χ2n) is 1.43. The molecule has 0 aliphatic carbocycles. The van der Waals surface area contributed by atoms with E-state index in [0.29, 0.717) is 0 Å². The summed E-state index contributed by atoms with van der Waals surface area (Å²) in [6.45, 7) is 5.78. The Labute approximate surface area is 47.4 Å². The van der Waals surface area contributed by atoms with E-state index in [2.05, 4.69) is 22.6 Å². The van der Waals surface area contributed by atoms with E-state index < -0.39 is 0 Å². The summed E-state index contributed by atoms with van der Waals surface area (Å²) < 4.78 is 0. The first-order valence-electron chi connectivity index (χ1n) is 2.02. The second kappa shape index (κ2) is 3.45. The topological polar surface area (TPSA) is 0 Å². The van der Waals surface area contributed by atoms with Crippen molar-refractivity contribution in [2.75, 3.05) is 0 Å². The van der Waals surface area contributed by atoms with Gasteiger partial charge in [0.25, 0.3) is 0 Å². The van der Waals surface area contributed by atoms with Crippen molar-refractivity contribution in [3.63, 3.8) is 0 Å². The molecule has 0 aliphatic heterocycles. The first-order valence-corrected chi connectivity index (χ1v) is 3.35. The molecule has 0 atom stereocenters. The van der Waals surface area contributed by atoms with Gasteiger partial charge >= 0.3 is 46.8 Å². The van der Waals surface area contributed by atoms with E-state index in [1.807, 2.05) is 6.92 Å². The zero-order valence-electron chi connectivity index (χ0n) is 4.07. The van der Waals surface area contributed by atoms with Crippen LogP contribution in [0.15, 0.2) is 12.2 Å². The summed E-state index contributed by atoms with van der Waals surface area (Å²) in [6, 6.07) is 0. The van der Waals surface area contributed by atoms with Crippen LogP contribution in [0.25, 0.3) is 0 Å². The zero-order chi connectivity index (χ0) is 4.99. The molecule has 36 valence electrons. The molecule has 0 bridgehead atoms. The van der Waals surface area contributed by atoms with Crippen LogP contribution in [-0.2, 0) is 0 Å². The van der Waals surface area contributed by atoms with Gasteiger partial charge in [-0.05, 0) is 0 Å². The van der Waals surface area contributed by atoms with Crippen molar-refractivity contribution in [3.05, 3.63) is 12.2 Å². The Morgan fingerprint density at radius 1 is 1.83 bits per heavy atom. The molecule has 0 aromatic carbocycles. The van der Waals surface area contributed by atoms with Crippen LogP contribution in [0.2, 0.25) is 5.32 Å². The third-order valence-corrected chi connectivity index (χ3v) is 1.01. The van der Waals surface area contributed by atoms with Crippen LogP contribution in [-0.4, -0.2) is 16.0 Å². The van der Waals surface area contributed by atoms with Crippen molar-refractivity contribution in [2.24, 2.45) is 0 Å². The Kier molecular flexibility index (Phi) is 3.60. The Hall–Kier alpha value is 0.259. The molecule has 0 saturated carbocycles. The van der Waals surface area contributed by atoms with Crippen LogP contribution < -0.4 is 0 Å². The molecule has 1 heteroatoms. The molecule has 0 saturated heterocycles. The fraction of sp³-hybridized carbons (Fsp3) is 0.600. The van der Waals surface area contributed by atoms with Gasteiger partial charge in [0, 0.05) is 0 Å². The van der Waals surface area contributed by atoms with Crippen LogP contribution in [0, 0.1) is 0 Å². The maximum atomic E-state index is 3.73. The number of rotatable bonds is 2. The Balaban J connectivity index is 2.83. The van der Waals surface area contributed by atoms with E-state index in [0.717, 1.165) is 6.42 Å². The summed E-state index contributed by atoms with van der Waals surface area (Å²) in [6.07, 6.45) is 1.15. The third-order valence-electron chi connectivity index (χ3n) is 0.539. The Morgan fingerprint density at radius 2 is 2.33 bits per heavy atom. The van der Waals surface area contributed by atoms with Gasteiger partial charge in [0.1, 0.15) is 0 Å². The average Bonchev–Trinajstić information content (AvgIpc) is 1.35. The van der Waals surface area contributed by atoms with E-state index >= 15 is 0 Å². The predicted octanol–water partition coefficient (Wildman–Crippen LogP) is 1.27. The van der Waals surface area contributed by atoms with Gasteiger partial charge in [0.05, 0.1) is 0 Å². The Morgan fingerprint density at radius 3 is 2.33 bits per heavy atom. The van der Waals surface area contributed by atoms with E-state index in [1.54, 1.807) is 0 Å². The fourth-order valence-corrected chi connectivity index (χ4v) is 0.992. The molecule has 6 heavy (non-hydrogen) atoms. The summed E-state index contributed by atoms with van der Waals surface area (Å²) in [4.78, 5) is 0. The normalized spacial score (nSPS) is 8.33. The molecule has 0 heterocycles. The molecule has 0 unspecified atom stereocenters. The van der Waals surface area contributed by atoms with Crippen LogP contribution in [0.4, 0.5) is 0 Å². The van der Waals surface area contributed by atoms with Crippen molar-refractivity contribution >= 4 is 16.0 Å². The van der Waals surface area contributed by atoms with Crippen LogP contribution in [0.3, 0.4) is 0 Å². The minimum absolute atomic E-state index is 1.15. The van der Waals surface area contributed by atoms with Crippen molar-refractivity contribution in [1.29, 1.82) is 0 Å². The zero-order valence-corrected chi connectivity index (χ0v) is 5.95. The molecule has 0 amide bonds. The van der Waals surface area contributed by atoms with E-state index in [1.165, 1.54) is 10.9 Å². The molecule has 0 spiro atoms. The average molecular weight is 149 g/mol. The standard InChI is InChI=1S/C5H10Se/c1-5(2)3-4-6/h6H,1,3-4H2,2H3. The molecule has 0 aliphatic rings. The van der Waals surface area contributed by atoms with Gasteiger partial charge in [-0.3, -0.25) is 0 Å². The number of hydrogen-bond acceptors (Lipinski definition) is 0. The summed E-state index contributed by atoms with van der Waals surface area (Å²) >= 11 is 2.54. The maximum absolute atomic E-state index is 3.73. The number of allylic oxidation sites excluding steroid dienone is 1. The number of hydrogen-bond donors (Lipinski definition) is 0. The molecular formula is C5H10Se. The van der Waals surface area contributed by atoms with Crippen LogP contribution >= 0.6 is 0 Å². The molecule has 0 nitrogen and oxygen atoms in total. The SMILES string of the molecule is C=C(C)CC[SeH]. The van der Waals surface area contributed by atoms with Gasteiger partial charge in [-0.25, -0.2) is 0 Å². The summed E-state index contributed by atoms with van der Waals surface area (Å²) in [5.74, 6) is 0. The summed E-state index contributed by atoms with van der Waals surface area (Å²) in [5.41, 5.74) is 1.27. The van der Waals surface area contributed by atoms with E-state index in [-0.39, 0.29) is 0 Å². The predicted molar refractivity (Wildman–Crippen MR) is 31.4 cm³/mol. The molecule has 0 fully saturated rings. The first-order chi connectivity index (χ1) is 2.77. The molecule has 0 N–H and O–H groups in total. The van der Waals surface area contributed by atoms with Crippen molar-refractivity contribution in [3.8, 4) is 0 Å². The fourth-order valence-electron chi connectivity index (χ4n) is 0.191. The van der Waals surface area contributed by atoms with Crippen LogP contribution in [0.5, 0.6) is 0 Å². The molecular weight excluding hydrogens is 139 g/mol. The summed E-state index contributed by atoms with van der Waals surface area (Å²) in [7, 11) is 0. The molecule has 0 aromatic heterocycles. The van der Waals surface area contributed by atoms with Gasteiger partial charge in [-0.1, -0.05) is 0 Å². The van der Waals surface area contributed by atoms with Crippen molar-refractivity contribution in [2.45, 2.75) is 18.7 Å². The summed E-state index contributed by atoms with van der Waals surface area (Å²) in [5, 5.41) is 1.17. The molecule has 0 radical (unpaired) electrons. The molecule has 0 rings (SSSR count). The minimum atomic E-state index is 1.15. The van der Waals surface area contributed by atoms with E-state index in [4.69, 9.17) is 0 Å². The van der Waals surface area contributed by atoms with Crippen LogP contribution in [0.1, 0.15) is 13.3 Å². The molecule has 0 aromatic rings. The van der Waals surface area contributed by atoms with Gasteiger partial charge in [0.15, 0.2) is 0 Å². The van der Waals surface area contributed by atoms with Gasteiger partial charge < -0.3 is 0 Å². The monoisotopic (exact) mass is 150 g/mol. The van der Waals surface area contributed by atoms with Gasteiger partial charge in [-0.15, -0.1) is 0 Å². The second-order valence-corrected chi connectivity index (χ2v) is 2.37. The van der Waals surface area contributed by atoms with Crippen molar-refractivity contribution in [1.82, 2.24) is 0 Å². The van der Waals surface area contributed by atoms with Crippen molar-refractivity contribution < 1.29 is 0 Å². The van der Waals surface area contributed by atoms with Gasteiger partial charge in [0.2, 0.25) is 0 Å². The van der Waals surface area contributed by atoms with E-state index in [9.17, 15) is 0 Å². The third kappa shape index (κ3) is 4.26. The first kappa shape index (κ1) is 6.26. The Bertz CT molecular complexity index is 47.9. The van der Waals surface area contributed by atoms with Gasteiger partial charge in [-0.2, -0.15) is 0 Å². The quantitative estimate of drug-likeness (QED) is 0.409.